The summed E-state index contributed by atoms with van der Waals surface area (Å²) in [4.78, 5) is 18.6. The molecule has 4 heteroatoms. The number of carbonyl (C=O) groups is 1. The van der Waals surface area contributed by atoms with Crippen molar-refractivity contribution in [3.63, 3.8) is 0 Å². The van der Waals surface area contributed by atoms with Crippen LogP contribution in [-0.4, -0.2) is 17.9 Å². The van der Waals surface area contributed by atoms with Crippen molar-refractivity contribution < 1.29 is 4.79 Å². The minimum Gasteiger partial charge on any atom is -0.354 e. The number of amides is 1. The number of rotatable bonds is 4. The summed E-state index contributed by atoms with van der Waals surface area (Å²) in [6.07, 6.45) is 3.32. The standard InChI is InChI=1S/C21H21N3O/c1-15-8-7-9-16(2)20(15)23-18-12-17(13-22-14-18)21(25)24(3)19-10-5-4-6-11-19/h4-14,23H,1-3H3. The molecule has 1 aromatic heterocycles. The monoisotopic (exact) mass is 331 g/mol. The van der Waals surface area contributed by atoms with Gasteiger partial charge in [-0.15, -0.1) is 0 Å². The van der Waals surface area contributed by atoms with Crippen LogP contribution < -0.4 is 10.2 Å². The Bertz CT molecular complexity index is 870. The highest BCUT2D eigenvalue weighted by Crippen LogP contribution is 2.25. The number of aromatic nitrogens is 1. The van der Waals surface area contributed by atoms with Crippen molar-refractivity contribution in [2.45, 2.75) is 13.8 Å². The molecule has 0 fully saturated rings. The van der Waals surface area contributed by atoms with Crippen molar-refractivity contribution >= 4 is 23.0 Å². The third-order valence-corrected chi connectivity index (χ3v) is 4.18. The Morgan fingerprint density at radius 2 is 1.64 bits per heavy atom. The molecule has 1 heterocycles. The fourth-order valence-electron chi connectivity index (χ4n) is 2.74. The molecule has 25 heavy (non-hydrogen) atoms. The van der Waals surface area contributed by atoms with Crippen LogP contribution in [0.2, 0.25) is 0 Å². The largest absolute Gasteiger partial charge is 0.354 e. The van der Waals surface area contributed by atoms with Crippen LogP contribution in [0.4, 0.5) is 17.1 Å². The summed E-state index contributed by atoms with van der Waals surface area (Å²) < 4.78 is 0. The zero-order chi connectivity index (χ0) is 17.8. The van der Waals surface area contributed by atoms with E-state index in [0.29, 0.717) is 5.56 Å². The van der Waals surface area contributed by atoms with E-state index in [9.17, 15) is 4.79 Å². The van der Waals surface area contributed by atoms with E-state index < -0.39 is 0 Å². The van der Waals surface area contributed by atoms with Gasteiger partial charge in [0.1, 0.15) is 0 Å². The predicted molar refractivity (Wildman–Crippen MR) is 103 cm³/mol. The van der Waals surface area contributed by atoms with Crippen LogP contribution in [0.25, 0.3) is 0 Å². The minimum atomic E-state index is -0.0937. The van der Waals surface area contributed by atoms with E-state index in [2.05, 4.69) is 36.3 Å². The van der Waals surface area contributed by atoms with E-state index in [4.69, 9.17) is 0 Å². The van der Waals surface area contributed by atoms with Crippen LogP contribution in [-0.2, 0) is 0 Å². The van der Waals surface area contributed by atoms with Gasteiger partial charge in [0.25, 0.3) is 5.91 Å². The summed E-state index contributed by atoms with van der Waals surface area (Å²) in [7, 11) is 1.77. The van der Waals surface area contributed by atoms with Gasteiger partial charge in [0, 0.05) is 24.6 Å². The summed E-state index contributed by atoms with van der Waals surface area (Å²) in [5, 5.41) is 3.38. The van der Waals surface area contributed by atoms with Crippen LogP contribution in [0.3, 0.4) is 0 Å². The maximum absolute atomic E-state index is 12.7. The van der Waals surface area contributed by atoms with Gasteiger partial charge in [-0.2, -0.15) is 0 Å². The highest BCUT2D eigenvalue weighted by Gasteiger charge is 2.14. The van der Waals surface area contributed by atoms with Gasteiger partial charge in [-0.25, -0.2) is 0 Å². The van der Waals surface area contributed by atoms with Gasteiger partial charge < -0.3 is 10.2 Å². The van der Waals surface area contributed by atoms with E-state index in [-0.39, 0.29) is 5.91 Å². The van der Waals surface area contributed by atoms with Crippen molar-refractivity contribution in [3.8, 4) is 0 Å². The number of nitrogens with zero attached hydrogens (tertiary/aromatic N) is 2. The van der Waals surface area contributed by atoms with E-state index in [1.54, 1.807) is 24.3 Å². The van der Waals surface area contributed by atoms with Crippen molar-refractivity contribution in [1.82, 2.24) is 4.98 Å². The lowest BCUT2D eigenvalue weighted by Crippen LogP contribution is -2.26. The average molecular weight is 331 g/mol. The highest BCUT2D eigenvalue weighted by atomic mass is 16.2. The van der Waals surface area contributed by atoms with Crippen LogP contribution in [0.15, 0.2) is 67.0 Å². The van der Waals surface area contributed by atoms with E-state index >= 15 is 0 Å². The van der Waals surface area contributed by atoms with Crippen LogP contribution >= 0.6 is 0 Å². The molecule has 1 N–H and O–H groups in total. The van der Waals surface area contributed by atoms with Crippen molar-refractivity contribution in [1.29, 1.82) is 0 Å². The van der Waals surface area contributed by atoms with Crippen LogP contribution in [0, 0.1) is 13.8 Å². The number of hydrogen-bond acceptors (Lipinski definition) is 3. The molecule has 2 aromatic carbocycles. The molecule has 126 valence electrons. The smallest absolute Gasteiger partial charge is 0.259 e. The third kappa shape index (κ3) is 3.69. The number of pyridine rings is 1. The first-order valence-electron chi connectivity index (χ1n) is 8.17. The van der Waals surface area contributed by atoms with Crippen molar-refractivity contribution in [2.75, 3.05) is 17.3 Å². The first-order chi connectivity index (χ1) is 12.1. The second-order valence-corrected chi connectivity index (χ2v) is 6.05. The molecule has 0 aliphatic carbocycles. The Kier molecular flexibility index (Phi) is 4.80. The van der Waals surface area contributed by atoms with E-state index in [1.807, 2.05) is 42.5 Å². The molecule has 0 spiro atoms. The lowest BCUT2D eigenvalue weighted by Gasteiger charge is -2.18. The second-order valence-electron chi connectivity index (χ2n) is 6.05. The molecule has 4 nitrogen and oxygen atoms in total. The van der Waals surface area contributed by atoms with E-state index in [0.717, 1.165) is 28.2 Å². The molecule has 3 rings (SSSR count). The maximum atomic E-state index is 12.7. The molecular weight excluding hydrogens is 310 g/mol. The number of benzene rings is 2. The van der Waals surface area contributed by atoms with Crippen LogP contribution in [0.5, 0.6) is 0 Å². The lowest BCUT2D eigenvalue weighted by atomic mass is 10.1. The molecule has 0 saturated heterocycles. The first kappa shape index (κ1) is 16.7. The van der Waals surface area contributed by atoms with E-state index in [1.165, 1.54) is 0 Å². The molecule has 0 atom stereocenters. The molecular formula is C21H21N3O. The number of carbonyl (C=O) groups excluding carboxylic acids is 1. The zero-order valence-electron chi connectivity index (χ0n) is 14.7. The summed E-state index contributed by atoms with van der Waals surface area (Å²) in [6.45, 7) is 4.11. The van der Waals surface area contributed by atoms with Gasteiger partial charge >= 0.3 is 0 Å². The second kappa shape index (κ2) is 7.18. The van der Waals surface area contributed by atoms with Crippen molar-refractivity contribution in [2.24, 2.45) is 0 Å². The molecule has 0 unspecified atom stereocenters. The normalized spacial score (nSPS) is 10.4. The molecule has 0 aliphatic rings. The predicted octanol–water partition coefficient (Wildman–Crippen LogP) is 4.72. The third-order valence-electron chi connectivity index (χ3n) is 4.18. The molecule has 0 radical (unpaired) electrons. The average Bonchev–Trinajstić information content (AvgIpc) is 2.64. The first-order valence-corrected chi connectivity index (χ1v) is 8.17. The fourth-order valence-corrected chi connectivity index (χ4v) is 2.74. The van der Waals surface area contributed by atoms with Gasteiger partial charge in [-0.3, -0.25) is 9.78 Å². The SMILES string of the molecule is Cc1cccc(C)c1Nc1cncc(C(=O)N(C)c2ccccc2)c1. The number of para-hydroxylation sites is 2. The quantitative estimate of drug-likeness (QED) is 0.752. The van der Waals surface area contributed by atoms with Gasteiger partial charge in [0.2, 0.25) is 0 Å². The Morgan fingerprint density at radius 1 is 0.960 bits per heavy atom. The summed E-state index contributed by atoms with van der Waals surface area (Å²) in [5.74, 6) is -0.0937. The molecule has 1 amide bonds. The van der Waals surface area contributed by atoms with Gasteiger partial charge in [0.15, 0.2) is 0 Å². The lowest BCUT2D eigenvalue weighted by molar-refractivity contribution is 0.0992. The number of anilines is 3. The summed E-state index contributed by atoms with van der Waals surface area (Å²) in [5.41, 5.74) is 5.54. The number of aryl methyl sites for hydroxylation is 2. The Morgan fingerprint density at radius 3 is 2.32 bits per heavy atom. The number of nitrogens with one attached hydrogen (secondary N) is 1. The maximum Gasteiger partial charge on any atom is 0.259 e. The van der Waals surface area contributed by atoms with Gasteiger partial charge in [0.05, 0.1) is 17.4 Å². The van der Waals surface area contributed by atoms with Gasteiger partial charge in [-0.05, 0) is 43.2 Å². The number of hydrogen-bond donors (Lipinski definition) is 1. The molecule has 0 bridgehead atoms. The summed E-state index contributed by atoms with van der Waals surface area (Å²) in [6, 6.07) is 17.5. The zero-order valence-corrected chi connectivity index (χ0v) is 14.7. The highest BCUT2D eigenvalue weighted by molar-refractivity contribution is 6.06. The summed E-state index contributed by atoms with van der Waals surface area (Å²) >= 11 is 0. The minimum absolute atomic E-state index is 0.0937. The Hall–Kier alpha value is -3.14. The van der Waals surface area contributed by atoms with Crippen LogP contribution in [0.1, 0.15) is 21.5 Å². The van der Waals surface area contributed by atoms with Crippen molar-refractivity contribution in [3.05, 3.63) is 83.7 Å². The molecule has 0 saturated carbocycles. The fraction of sp³-hybridized carbons (Fsp3) is 0.143. The molecule has 0 aliphatic heterocycles. The van der Waals surface area contributed by atoms with Gasteiger partial charge in [-0.1, -0.05) is 36.4 Å². The topological polar surface area (TPSA) is 45.2 Å². The Labute approximate surface area is 148 Å². The Balaban J connectivity index is 1.85. The molecule has 3 aromatic rings.